The third kappa shape index (κ3) is 4.76. The Morgan fingerprint density at radius 2 is 1.95 bits per heavy atom. The van der Waals surface area contributed by atoms with Crippen LogP contribution in [-0.2, 0) is 4.79 Å². The molecule has 0 saturated heterocycles. The molecular weight excluding hydrogens is 234 g/mol. The topological polar surface area (TPSA) is 20.3 Å². The van der Waals surface area contributed by atoms with Crippen molar-refractivity contribution in [3.63, 3.8) is 0 Å². The van der Waals surface area contributed by atoms with Crippen molar-refractivity contribution in [3.8, 4) is 0 Å². The molecule has 1 saturated carbocycles. The van der Waals surface area contributed by atoms with Crippen LogP contribution in [0.3, 0.4) is 0 Å². The summed E-state index contributed by atoms with van der Waals surface area (Å²) in [5.41, 5.74) is 0.953. The lowest BCUT2D eigenvalue weighted by atomic mass is 9.69. The van der Waals surface area contributed by atoms with E-state index in [2.05, 4.69) is 31.7 Å². The highest BCUT2D eigenvalue weighted by molar-refractivity contribution is 5.96. The molecule has 2 nitrogen and oxygen atoms in total. The average molecular weight is 265 g/mol. The van der Waals surface area contributed by atoms with Gasteiger partial charge >= 0.3 is 0 Å². The minimum atomic E-state index is 0.267. The number of carbonyl (C=O) groups is 1. The first-order valence-corrected chi connectivity index (χ1v) is 7.68. The van der Waals surface area contributed by atoms with Gasteiger partial charge in [0.1, 0.15) is 0 Å². The van der Waals surface area contributed by atoms with Crippen LogP contribution in [0.4, 0.5) is 0 Å². The summed E-state index contributed by atoms with van der Waals surface area (Å²) in [7, 11) is 4.06. The zero-order valence-electron chi connectivity index (χ0n) is 13.6. The van der Waals surface area contributed by atoms with Gasteiger partial charge in [-0.2, -0.15) is 0 Å². The fraction of sp³-hybridized carbons (Fsp3) is 0.824. The number of Topliss-reactive ketones (excluding diaryl/α,β-unsaturated/α-hetero) is 1. The van der Waals surface area contributed by atoms with Crippen molar-refractivity contribution in [2.24, 2.45) is 23.7 Å². The molecule has 0 aliphatic heterocycles. The van der Waals surface area contributed by atoms with E-state index in [0.717, 1.165) is 36.8 Å². The minimum absolute atomic E-state index is 0.267. The Kier molecular flexibility index (Phi) is 6.25. The molecule has 0 N–H and O–H groups in total. The van der Waals surface area contributed by atoms with Gasteiger partial charge in [0.15, 0.2) is 5.78 Å². The molecule has 3 unspecified atom stereocenters. The predicted octanol–water partition coefficient (Wildman–Crippen LogP) is 3.77. The van der Waals surface area contributed by atoms with Gasteiger partial charge in [0.05, 0.1) is 0 Å². The lowest BCUT2D eigenvalue weighted by Crippen LogP contribution is -2.30. The van der Waals surface area contributed by atoms with Crippen LogP contribution < -0.4 is 0 Å². The zero-order valence-corrected chi connectivity index (χ0v) is 13.6. The Labute approximate surface area is 119 Å². The molecule has 1 fully saturated rings. The Bertz CT molecular complexity index is 330. The van der Waals surface area contributed by atoms with Crippen molar-refractivity contribution < 1.29 is 4.79 Å². The van der Waals surface area contributed by atoms with Crippen LogP contribution in [0.5, 0.6) is 0 Å². The van der Waals surface area contributed by atoms with Crippen molar-refractivity contribution in [3.05, 3.63) is 11.6 Å². The molecule has 0 aromatic rings. The number of allylic oxidation sites excluding steroid dienone is 1. The minimum Gasteiger partial charge on any atom is -0.306 e. The quantitative estimate of drug-likeness (QED) is 0.705. The van der Waals surface area contributed by atoms with Gasteiger partial charge in [0.25, 0.3) is 0 Å². The Morgan fingerprint density at radius 1 is 1.32 bits per heavy atom. The maximum Gasteiger partial charge on any atom is 0.161 e. The molecule has 0 bridgehead atoms. The predicted molar refractivity (Wildman–Crippen MR) is 82.2 cm³/mol. The zero-order chi connectivity index (χ0) is 14.6. The van der Waals surface area contributed by atoms with E-state index >= 15 is 0 Å². The first-order valence-electron chi connectivity index (χ1n) is 7.68. The van der Waals surface area contributed by atoms with E-state index < -0.39 is 0 Å². The highest BCUT2D eigenvalue weighted by atomic mass is 16.1. The number of hydrogen-bond acceptors (Lipinski definition) is 2. The molecule has 19 heavy (non-hydrogen) atoms. The lowest BCUT2D eigenvalue weighted by Gasteiger charge is -2.36. The van der Waals surface area contributed by atoms with E-state index in [0.29, 0.717) is 11.7 Å². The summed E-state index contributed by atoms with van der Waals surface area (Å²) in [5, 5.41) is 0. The molecule has 0 amide bonds. The lowest BCUT2D eigenvalue weighted by molar-refractivity contribution is -0.121. The van der Waals surface area contributed by atoms with Crippen LogP contribution in [0, 0.1) is 23.7 Å². The molecule has 110 valence electrons. The van der Waals surface area contributed by atoms with Gasteiger partial charge in [-0.15, -0.1) is 0 Å². The van der Waals surface area contributed by atoms with E-state index in [1.807, 2.05) is 21.0 Å². The van der Waals surface area contributed by atoms with Gasteiger partial charge < -0.3 is 4.90 Å². The Balaban J connectivity index is 2.58. The number of ketones is 1. The van der Waals surface area contributed by atoms with Crippen LogP contribution in [-0.4, -0.2) is 31.3 Å². The maximum atomic E-state index is 12.4. The molecule has 2 heteroatoms. The summed E-state index contributed by atoms with van der Waals surface area (Å²) in [6.45, 7) is 9.78. The van der Waals surface area contributed by atoms with Gasteiger partial charge in [-0.3, -0.25) is 4.79 Å². The molecule has 0 aromatic carbocycles. The summed E-state index contributed by atoms with van der Waals surface area (Å²) < 4.78 is 0. The van der Waals surface area contributed by atoms with Crippen LogP contribution in [0.2, 0.25) is 0 Å². The number of carbonyl (C=O) groups excluding carboxylic acids is 1. The second-order valence-electron chi connectivity index (χ2n) is 6.91. The van der Waals surface area contributed by atoms with Crippen molar-refractivity contribution in [2.45, 2.75) is 47.0 Å². The average Bonchev–Trinajstić information content (AvgIpc) is 2.34. The van der Waals surface area contributed by atoms with E-state index in [1.165, 1.54) is 6.42 Å². The van der Waals surface area contributed by atoms with Crippen molar-refractivity contribution in [1.29, 1.82) is 0 Å². The van der Waals surface area contributed by atoms with Crippen LogP contribution in [0.1, 0.15) is 47.0 Å². The van der Waals surface area contributed by atoms with E-state index in [9.17, 15) is 4.79 Å². The number of rotatable bonds is 5. The maximum absolute atomic E-state index is 12.4. The molecule has 1 aliphatic rings. The summed E-state index contributed by atoms with van der Waals surface area (Å²) in [4.78, 5) is 14.5. The molecule has 1 rings (SSSR count). The van der Waals surface area contributed by atoms with Crippen molar-refractivity contribution in [1.82, 2.24) is 4.90 Å². The third-order valence-corrected chi connectivity index (χ3v) is 4.61. The van der Waals surface area contributed by atoms with E-state index in [4.69, 9.17) is 0 Å². The van der Waals surface area contributed by atoms with Crippen LogP contribution in [0.15, 0.2) is 11.6 Å². The fourth-order valence-electron chi connectivity index (χ4n) is 3.39. The van der Waals surface area contributed by atoms with Crippen molar-refractivity contribution >= 4 is 5.78 Å². The molecule has 0 spiro atoms. The second-order valence-corrected chi connectivity index (χ2v) is 6.91. The number of nitrogens with zero attached hydrogens (tertiary/aromatic N) is 1. The summed E-state index contributed by atoms with van der Waals surface area (Å²) in [6, 6.07) is 0. The van der Waals surface area contributed by atoms with Gasteiger partial charge in [-0.1, -0.05) is 26.8 Å². The highest BCUT2D eigenvalue weighted by Gasteiger charge is 2.32. The number of hydrogen-bond donors (Lipinski definition) is 0. The Hall–Kier alpha value is -0.630. The van der Waals surface area contributed by atoms with Gasteiger partial charge in [0.2, 0.25) is 0 Å². The van der Waals surface area contributed by atoms with E-state index in [1.54, 1.807) is 0 Å². The smallest absolute Gasteiger partial charge is 0.161 e. The second kappa shape index (κ2) is 7.23. The summed E-state index contributed by atoms with van der Waals surface area (Å²) in [5.74, 6) is 2.88. The molecule has 3 atom stereocenters. The molecule has 0 radical (unpaired) electrons. The standard InChI is InChI=1S/C17H31NO/c1-12(2)16-8-7-15(11-14(16)4)17(19)13(3)9-10-18(5)6/h9,12,14-16H,7-8,10-11H2,1-6H3/b13-9+. The SMILES string of the molecule is C/C(=C\CN(C)C)C(=O)C1CCC(C(C)C)C(C)C1. The van der Waals surface area contributed by atoms with Crippen molar-refractivity contribution in [2.75, 3.05) is 20.6 Å². The molecule has 0 aromatic heterocycles. The summed E-state index contributed by atoms with van der Waals surface area (Å²) in [6.07, 6.45) is 5.45. The fourth-order valence-corrected chi connectivity index (χ4v) is 3.39. The number of likely N-dealkylation sites (N-methyl/N-ethyl adjacent to an activating group) is 1. The molecular formula is C17H31NO. The van der Waals surface area contributed by atoms with Crippen LogP contribution >= 0.6 is 0 Å². The van der Waals surface area contributed by atoms with E-state index in [-0.39, 0.29) is 5.92 Å². The molecule has 0 heterocycles. The first kappa shape index (κ1) is 16.4. The highest BCUT2D eigenvalue weighted by Crippen LogP contribution is 2.38. The van der Waals surface area contributed by atoms with Crippen LogP contribution in [0.25, 0.3) is 0 Å². The normalized spacial score (nSPS) is 29.1. The van der Waals surface area contributed by atoms with Gasteiger partial charge in [-0.05, 0) is 63.6 Å². The first-order chi connectivity index (χ1) is 8.82. The van der Waals surface area contributed by atoms with Gasteiger partial charge in [-0.25, -0.2) is 0 Å². The Morgan fingerprint density at radius 3 is 2.42 bits per heavy atom. The molecule has 1 aliphatic carbocycles. The van der Waals surface area contributed by atoms with Gasteiger partial charge in [0, 0.05) is 12.5 Å². The largest absolute Gasteiger partial charge is 0.306 e. The monoisotopic (exact) mass is 265 g/mol. The summed E-state index contributed by atoms with van der Waals surface area (Å²) >= 11 is 0. The third-order valence-electron chi connectivity index (χ3n) is 4.61.